The Morgan fingerprint density at radius 2 is 2.29 bits per heavy atom. The SMILES string of the molecule is CCN(CCCO)C(=O)c1nc(N)ccc1Cl. The van der Waals surface area contributed by atoms with E-state index >= 15 is 0 Å². The van der Waals surface area contributed by atoms with Crippen LogP contribution in [0.15, 0.2) is 12.1 Å². The van der Waals surface area contributed by atoms with Crippen molar-refractivity contribution in [1.29, 1.82) is 0 Å². The average Bonchev–Trinajstić information content (AvgIpc) is 2.33. The number of halogens is 1. The predicted molar refractivity (Wildman–Crippen MR) is 66.9 cm³/mol. The van der Waals surface area contributed by atoms with E-state index in [1.807, 2.05) is 6.92 Å². The van der Waals surface area contributed by atoms with Crippen molar-refractivity contribution in [2.75, 3.05) is 25.4 Å². The fraction of sp³-hybridized carbons (Fsp3) is 0.455. The normalized spacial score (nSPS) is 10.3. The Balaban J connectivity index is 2.89. The minimum Gasteiger partial charge on any atom is -0.396 e. The van der Waals surface area contributed by atoms with E-state index in [4.69, 9.17) is 22.4 Å². The smallest absolute Gasteiger partial charge is 0.274 e. The van der Waals surface area contributed by atoms with E-state index in [0.29, 0.717) is 19.5 Å². The van der Waals surface area contributed by atoms with Crippen LogP contribution in [-0.4, -0.2) is 40.6 Å². The van der Waals surface area contributed by atoms with Crippen molar-refractivity contribution in [2.24, 2.45) is 0 Å². The van der Waals surface area contributed by atoms with E-state index in [0.717, 1.165) is 0 Å². The monoisotopic (exact) mass is 257 g/mol. The van der Waals surface area contributed by atoms with Gasteiger partial charge in [-0.15, -0.1) is 0 Å². The average molecular weight is 258 g/mol. The van der Waals surface area contributed by atoms with Crippen molar-refractivity contribution in [1.82, 2.24) is 9.88 Å². The molecule has 6 heteroatoms. The van der Waals surface area contributed by atoms with Gasteiger partial charge in [-0.25, -0.2) is 4.98 Å². The first-order chi connectivity index (χ1) is 8.10. The first-order valence-electron chi connectivity index (χ1n) is 5.42. The number of rotatable bonds is 5. The number of nitrogen functional groups attached to an aromatic ring is 1. The Kier molecular flexibility index (Phi) is 5.18. The summed E-state index contributed by atoms with van der Waals surface area (Å²) in [6, 6.07) is 3.10. The van der Waals surface area contributed by atoms with Crippen molar-refractivity contribution in [3.8, 4) is 0 Å². The molecule has 0 saturated carbocycles. The first kappa shape index (κ1) is 13.7. The summed E-state index contributed by atoms with van der Waals surface area (Å²) >= 11 is 5.91. The number of anilines is 1. The molecule has 1 heterocycles. The molecule has 0 spiro atoms. The number of pyridine rings is 1. The number of carbonyl (C=O) groups excluding carboxylic acids is 1. The summed E-state index contributed by atoms with van der Waals surface area (Å²) in [4.78, 5) is 17.6. The van der Waals surface area contributed by atoms with Crippen LogP contribution in [0.5, 0.6) is 0 Å². The van der Waals surface area contributed by atoms with Gasteiger partial charge in [-0.05, 0) is 25.5 Å². The van der Waals surface area contributed by atoms with E-state index in [2.05, 4.69) is 4.98 Å². The Bertz CT molecular complexity index is 398. The molecule has 1 rings (SSSR count). The van der Waals surface area contributed by atoms with Gasteiger partial charge in [0, 0.05) is 19.7 Å². The zero-order valence-electron chi connectivity index (χ0n) is 9.69. The zero-order chi connectivity index (χ0) is 12.8. The van der Waals surface area contributed by atoms with Gasteiger partial charge in [0.2, 0.25) is 0 Å². The van der Waals surface area contributed by atoms with Gasteiger partial charge < -0.3 is 15.7 Å². The number of nitrogens with two attached hydrogens (primary N) is 1. The summed E-state index contributed by atoms with van der Waals surface area (Å²) in [5, 5.41) is 9.05. The summed E-state index contributed by atoms with van der Waals surface area (Å²) in [6.45, 7) is 2.90. The number of hydrogen-bond acceptors (Lipinski definition) is 4. The molecule has 0 aliphatic heterocycles. The maximum Gasteiger partial charge on any atom is 0.274 e. The van der Waals surface area contributed by atoms with Crippen LogP contribution in [0.4, 0.5) is 5.82 Å². The van der Waals surface area contributed by atoms with E-state index in [1.165, 1.54) is 0 Å². The summed E-state index contributed by atoms with van der Waals surface area (Å²) < 4.78 is 0. The fourth-order valence-electron chi connectivity index (χ4n) is 1.42. The van der Waals surface area contributed by atoms with Gasteiger partial charge in [-0.3, -0.25) is 4.79 Å². The summed E-state index contributed by atoms with van der Waals surface area (Å²) in [5.74, 6) is -0.00536. The highest BCUT2D eigenvalue weighted by atomic mass is 35.5. The van der Waals surface area contributed by atoms with Crippen LogP contribution >= 0.6 is 11.6 Å². The molecule has 0 bridgehead atoms. The standard InChI is InChI=1S/C11H16ClN3O2/c1-2-15(6-3-7-16)11(17)10-8(12)4-5-9(13)14-10/h4-5,16H,2-3,6-7H2,1H3,(H2,13,14). The maximum atomic E-state index is 12.1. The number of hydrogen-bond donors (Lipinski definition) is 2. The molecular formula is C11H16ClN3O2. The number of aromatic nitrogens is 1. The molecule has 0 unspecified atom stereocenters. The Morgan fingerprint density at radius 1 is 1.59 bits per heavy atom. The molecule has 17 heavy (non-hydrogen) atoms. The van der Waals surface area contributed by atoms with E-state index in [-0.39, 0.29) is 29.0 Å². The van der Waals surface area contributed by atoms with Gasteiger partial charge in [-0.1, -0.05) is 11.6 Å². The Labute approximate surface area is 105 Å². The van der Waals surface area contributed by atoms with Gasteiger partial charge in [0.25, 0.3) is 5.91 Å². The molecule has 1 aromatic heterocycles. The molecule has 1 amide bonds. The third-order valence-corrected chi connectivity index (χ3v) is 2.63. The lowest BCUT2D eigenvalue weighted by Crippen LogP contribution is -2.33. The fourth-order valence-corrected chi connectivity index (χ4v) is 1.61. The first-order valence-corrected chi connectivity index (χ1v) is 5.80. The van der Waals surface area contributed by atoms with Gasteiger partial charge >= 0.3 is 0 Å². The van der Waals surface area contributed by atoms with Crippen molar-refractivity contribution in [3.63, 3.8) is 0 Å². The summed E-state index contributed by atoms with van der Waals surface area (Å²) in [5.41, 5.74) is 5.69. The Morgan fingerprint density at radius 3 is 2.88 bits per heavy atom. The summed E-state index contributed by atoms with van der Waals surface area (Å²) in [6.07, 6.45) is 0.527. The highest BCUT2D eigenvalue weighted by molar-refractivity contribution is 6.33. The van der Waals surface area contributed by atoms with Crippen molar-refractivity contribution < 1.29 is 9.90 Å². The van der Waals surface area contributed by atoms with Crippen LogP contribution in [0, 0.1) is 0 Å². The van der Waals surface area contributed by atoms with Crippen molar-refractivity contribution in [3.05, 3.63) is 22.8 Å². The second kappa shape index (κ2) is 6.42. The number of carbonyl (C=O) groups is 1. The third kappa shape index (κ3) is 3.57. The van der Waals surface area contributed by atoms with E-state index < -0.39 is 0 Å². The number of aliphatic hydroxyl groups excluding tert-OH is 1. The van der Waals surface area contributed by atoms with Gasteiger partial charge in [-0.2, -0.15) is 0 Å². The highest BCUT2D eigenvalue weighted by Gasteiger charge is 2.18. The van der Waals surface area contributed by atoms with Crippen molar-refractivity contribution >= 4 is 23.3 Å². The molecule has 1 aromatic rings. The van der Waals surface area contributed by atoms with E-state index in [9.17, 15) is 4.79 Å². The second-order valence-electron chi connectivity index (χ2n) is 3.53. The number of amides is 1. The van der Waals surface area contributed by atoms with Crippen LogP contribution in [0.25, 0.3) is 0 Å². The lowest BCUT2D eigenvalue weighted by molar-refractivity contribution is 0.0749. The van der Waals surface area contributed by atoms with Crippen LogP contribution in [0.3, 0.4) is 0 Å². The Hall–Kier alpha value is -1.33. The van der Waals surface area contributed by atoms with Crippen LogP contribution < -0.4 is 5.73 Å². The maximum absolute atomic E-state index is 12.1. The molecular weight excluding hydrogens is 242 g/mol. The molecule has 0 atom stereocenters. The second-order valence-corrected chi connectivity index (χ2v) is 3.94. The molecule has 3 N–H and O–H groups in total. The number of aliphatic hydroxyl groups is 1. The third-order valence-electron chi connectivity index (χ3n) is 2.33. The van der Waals surface area contributed by atoms with Crippen LogP contribution in [0.1, 0.15) is 23.8 Å². The van der Waals surface area contributed by atoms with Crippen LogP contribution in [0.2, 0.25) is 5.02 Å². The molecule has 0 radical (unpaired) electrons. The quantitative estimate of drug-likeness (QED) is 0.830. The largest absolute Gasteiger partial charge is 0.396 e. The molecule has 0 aliphatic carbocycles. The van der Waals surface area contributed by atoms with Gasteiger partial charge in [0.1, 0.15) is 11.5 Å². The molecule has 0 fully saturated rings. The summed E-state index contributed by atoms with van der Waals surface area (Å²) in [7, 11) is 0. The van der Waals surface area contributed by atoms with E-state index in [1.54, 1.807) is 17.0 Å². The molecule has 0 aliphatic rings. The molecule has 0 saturated heterocycles. The van der Waals surface area contributed by atoms with Gasteiger partial charge in [0.15, 0.2) is 0 Å². The lowest BCUT2D eigenvalue weighted by Gasteiger charge is -2.20. The number of nitrogens with zero attached hydrogens (tertiary/aromatic N) is 2. The topological polar surface area (TPSA) is 79.5 Å². The molecule has 94 valence electrons. The highest BCUT2D eigenvalue weighted by Crippen LogP contribution is 2.17. The minimum atomic E-state index is -0.266. The van der Waals surface area contributed by atoms with Crippen LogP contribution in [-0.2, 0) is 0 Å². The van der Waals surface area contributed by atoms with Crippen molar-refractivity contribution in [2.45, 2.75) is 13.3 Å². The molecule has 5 nitrogen and oxygen atoms in total. The lowest BCUT2D eigenvalue weighted by atomic mass is 10.3. The minimum absolute atomic E-state index is 0.0435. The zero-order valence-corrected chi connectivity index (χ0v) is 10.4. The van der Waals surface area contributed by atoms with Gasteiger partial charge in [0.05, 0.1) is 5.02 Å². The predicted octanol–water partition coefficient (Wildman–Crippen LogP) is 1.16. The molecule has 0 aromatic carbocycles.